The molecule has 1 atom stereocenters. The fraction of sp³-hybridized carbons (Fsp3) is 0.636. The zero-order valence-corrected chi connectivity index (χ0v) is 16.8. The summed E-state index contributed by atoms with van der Waals surface area (Å²) >= 11 is 0. The minimum Gasteiger partial charge on any atom is -0.457 e. The van der Waals surface area contributed by atoms with Gasteiger partial charge in [-0.05, 0) is 54.2 Å². The van der Waals surface area contributed by atoms with Crippen molar-refractivity contribution in [2.45, 2.75) is 47.1 Å². The second-order valence-electron chi connectivity index (χ2n) is 9.69. The maximum atomic E-state index is 5.77. The van der Waals surface area contributed by atoms with Crippen LogP contribution in [-0.2, 0) is 0 Å². The quantitative estimate of drug-likeness (QED) is 0.839. The van der Waals surface area contributed by atoms with Crippen molar-refractivity contribution in [1.82, 2.24) is 9.80 Å². The average Bonchev–Trinajstić information content (AvgIpc) is 2.79. The van der Waals surface area contributed by atoms with E-state index in [-0.39, 0.29) is 5.41 Å². The molecular weight excluding hydrogens is 308 g/mol. The molecule has 1 saturated heterocycles. The van der Waals surface area contributed by atoms with Crippen molar-refractivity contribution in [3.05, 3.63) is 34.6 Å². The zero-order chi connectivity index (χ0) is 18.2. The van der Waals surface area contributed by atoms with Crippen LogP contribution in [0.2, 0.25) is 0 Å². The van der Waals surface area contributed by atoms with Gasteiger partial charge in [0.1, 0.15) is 10.8 Å². The van der Waals surface area contributed by atoms with E-state index in [0.29, 0.717) is 11.5 Å². The molecule has 0 spiro atoms. The average molecular weight is 343 g/mol. The molecule has 2 aliphatic rings. The SMILES string of the molecule is CN1CCN(CC(C)(C)C)CC1CC(C)(C)C1=CC=c2ccc(o2)=C1. The van der Waals surface area contributed by atoms with Crippen LogP contribution in [0.1, 0.15) is 41.0 Å². The highest BCUT2D eigenvalue weighted by atomic mass is 16.3. The molecule has 1 unspecified atom stereocenters. The molecule has 0 N–H and O–H groups in total. The van der Waals surface area contributed by atoms with Gasteiger partial charge in [-0.3, -0.25) is 4.90 Å². The lowest BCUT2D eigenvalue weighted by atomic mass is 9.77. The van der Waals surface area contributed by atoms with Gasteiger partial charge in [-0.15, -0.1) is 0 Å². The number of nitrogens with zero attached hydrogens (tertiary/aromatic N) is 2. The predicted octanol–water partition coefficient (Wildman–Crippen LogP) is 2.86. The zero-order valence-electron chi connectivity index (χ0n) is 16.8. The number of piperazine rings is 1. The van der Waals surface area contributed by atoms with Gasteiger partial charge in [0.2, 0.25) is 0 Å². The van der Waals surface area contributed by atoms with Crippen molar-refractivity contribution in [2.24, 2.45) is 10.8 Å². The molecule has 0 saturated carbocycles. The Hall–Kier alpha value is -1.32. The molecule has 0 aromatic carbocycles. The van der Waals surface area contributed by atoms with E-state index in [0.717, 1.165) is 23.8 Å². The van der Waals surface area contributed by atoms with Gasteiger partial charge in [0.25, 0.3) is 0 Å². The Morgan fingerprint density at radius 1 is 1.04 bits per heavy atom. The molecule has 3 rings (SSSR count). The highest BCUT2D eigenvalue weighted by Crippen LogP contribution is 2.35. The summed E-state index contributed by atoms with van der Waals surface area (Å²) in [6, 6.07) is 4.69. The third-order valence-corrected chi connectivity index (χ3v) is 5.46. The van der Waals surface area contributed by atoms with E-state index >= 15 is 0 Å². The van der Waals surface area contributed by atoms with Crippen LogP contribution < -0.4 is 10.8 Å². The molecule has 2 aliphatic heterocycles. The van der Waals surface area contributed by atoms with Crippen molar-refractivity contribution < 1.29 is 4.42 Å². The monoisotopic (exact) mass is 342 g/mol. The summed E-state index contributed by atoms with van der Waals surface area (Å²) in [4.78, 5) is 5.20. The van der Waals surface area contributed by atoms with Crippen LogP contribution in [-0.4, -0.2) is 49.1 Å². The first-order chi connectivity index (χ1) is 11.6. The third-order valence-electron chi connectivity index (χ3n) is 5.46. The number of furan rings is 1. The third kappa shape index (κ3) is 4.65. The number of hydrogen-bond donors (Lipinski definition) is 0. The Labute approximate surface area is 152 Å². The first-order valence-corrected chi connectivity index (χ1v) is 9.55. The first-order valence-electron chi connectivity index (χ1n) is 9.55. The molecule has 1 fully saturated rings. The van der Waals surface area contributed by atoms with E-state index in [1.807, 2.05) is 6.07 Å². The highest BCUT2D eigenvalue weighted by molar-refractivity contribution is 5.56. The van der Waals surface area contributed by atoms with Gasteiger partial charge in [0.05, 0.1) is 0 Å². The molecular formula is C22H34N2O. The van der Waals surface area contributed by atoms with E-state index in [9.17, 15) is 0 Å². The lowest BCUT2D eigenvalue weighted by Crippen LogP contribution is -2.54. The molecule has 138 valence electrons. The van der Waals surface area contributed by atoms with Crippen LogP contribution in [0, 0.1) is 10.8 Å². The topological polar surface area (TPSA) is 19.6 Å². The van der Waals surface area contributed by atoms with E-state index < -0.39 is 0 Å². The Balaban J connectivity index is 1.73. The normalized spacial score (nSPS) is 22.8. The minimum absolute atomic E-state index is 0.120. The van der Waals surface area contributed by atoms with Crippen LogP contribution in [0.4, 0.5) is 0 Å². The fourth-order valence-electron chi connectivity index (χ4n) is 4.08. The van der Waals surface area contributed by atoms with Crippen molar-refractivity contribution in [2.75, 3.05) is 33.2 Å². The van der Waals surface area contributed by atoms with Gasteiger partial charge < -0.3 is 9.32 Å². The molecule has 3 heteroatoms. The molecule has 25 heavy (non-hydrogen) atoms. The number of hydrogen-bond acceptors (Lipinski definition) is 3. The summed E-state index contributed by atoms with van der Waals surface area (Å²) in [5, 5.41) is 0. The molecule has 0 amide bonds. The molecule has 1 aromatic rings. The Morgan fingerprint density at radius 2 is 1.76 bits per heavy atom. The van der Waals surface area contributed by atoms with Crippen LogP contribution in [0.15, 0.2) is 28.2 Å². The molecule has 0 aliphatic carbocycles. The van der Waals surface area contributed by atoms with Gasteiger partial charge in [-0.25, -0.2) is 0 Å². The summed E-state index contributed by atoms with van der Waals surface area (Å²) < 4.78 is 5.77. The van der Waals surface area contributed by atoms with Gasteiger partial charge in [-0.1, -0.05) is 40.7 Å². The number of fused-ring (bicyclic) bond motifs is 2. The lowest BCUT2D eigenvalue weighted by Gasteiger charge is -2.44. The van der Waals surface area contributed by atoms with Crippen molar-refractivity contribution in [1.29, 1.82) is 0 Å². The lowest BCUT2D eigenvalue weighted by molar-refractivity contribution is 0.0550. The van der Waals surface area contributed by atoms with Crippen LogP contribution in [0.25, 0.3) is 12.2 Å². The molecule has 2 bridgehead atoms. The predicted molar refractivity (Wildman–Crippen MR) is 106 cm³/mol. The summed E-state index contributed by atoms with van der Waals surface area (Å²) in [5.74, 6) is 0. The number of rotatable bonds is 4. The smallest absolute Gasteiger partial charge is 0.127 e. The number of likely N-dealkylation sites (N-methyl/N-ethyl adjacent to an activating group) is 1. The van der Waals surface area contributed by atoms with Crippen LogP contribution >= 0.6 is 0 Å². The molecule has 1 aromatic heterocycles. The van der Waals surface area contributed by atoms with Gasteiger partial charge in [0, 0.05) is 32.2 Å². The van der Waals surface area contributed by atoms with E-state index in [2.05, 4.69) is 75.8 Å². The van der Waals surface area contributed by atoms with Gasteiger partial charge in [-0.2, -0.15) is 0 Å². The van der Waals surface area contributed by atoms with Gasteiger partial charge in [0.15, 0.2) is 0 Å². The highest BCUT2D eigenvalue weighted by Gasteiger charge is 2.33. The van der Waals surface area contributed by atoms with E-state index in [1.165, 1.54) is 25.2 Å². The second kappa shape index (κ2) is 6.77. The van der Waals surface area contributed by atoms with Crippen LogP contribution in [0.5, 0.6) is 0 Å². The minimum atomic E-state index is 0.120. The van der Waals surface area contributed by atoms with E-state index in [1.54, 1.807) is 0 Å². The second-order valence-corrected chi connectivity index (χ2v) is 9.69. The molecule has 0 radical (unpaired) electrons. The summed E-state index contributed by atoms with van der Waals surface area (Å²) in [7, 11) is 2.28. The standard InChI is InChI=1S/C22H34N2O/c1-21(2,3)16-24-12-11-23(6)18(15-24)14-22(4,5)17-7-8-19-9-10-20(13-17)25-19/h7-10,13,18H,11-12,14-16H2,1-6H3. The molecule has 3 heterocycles. The van der Waals surface area contributed by atoms with Crippen molar-refractivity contribution in [3.8, 4) is 0 Å². The fourth-order valence-corrected chi connectivity index (χ4v) is 4.08. The van der Waals surface area contributed by atoms with Crippen LogP contribution in [0.3, 0.4) is 0 Å². The summed E-state index contributed by atoms with van der Waals surface area (Å²) in [6.07, 6.45) is 7.71. The Kier molecular flexibility index (Phi) is 5.00. The van der Waals surface area contributed by atoms with Crippen molar-refractivity contribution >= 4 is 12.2 Å². The maximum Gasteiger partial charge on any atom is 0.127 e. The Bertz CT molecular complexity index is 748. The molecule has 3 nitrogen and oxygen atoms in total. The van der Waals surface area contributed by atoms with Crippen molar-refractivity contribution in [3.63, 3.8) is 0 Å². The largest absolute Gasteiger partial charge is 0.457 e. The summed E-state index contributed by atoms with van der Waals surface area (Å²) in [5.41, 5.74) is 3.76. The maximum absolute atomic E-state index is 5.77. The summed E-state index contributed by atoms with van der Waals surface area (Å²) in [6.45, 7) is 16.4. The number of allylic oxidation sites excluding steroid dienone is 2. The van der Waals surface area contributed by atoms with E-state index in [4.69, 9.17) is 4.42 Å². The van der Waals surface area contributed by atoms with Gasteiger partial charge >= 0.3 is 0 Å². The first kappa shape index (κ1) is 18.5. The Morgan fingerprint density at radius 3 is 2.48 bits per heavy atom.